The fourth-order valence-electron chi connectivity index (χ4n) is 2.55. The summed E-state index contributed by atoms with van der Waals surface area (Å²) in [4.78, 5) is 24.2. The van der Waals surface area contributed by atoms with Crippen molar-refractivity contribution in [2.24, 2.45) is 0 Å². The molecule has 1 amide bonds. The molecular formula is C20H21F2NO4. The first kappa shape index (κ1) is 20.4. The van der Waals surface area contributed by atoms with Crippen LogP contribution in [0.3, 0.4) is 0 Å². The second-order valence-electron chi connectivity index (χ2n) is 5.80. The molecule has 1 unspecified atom stereocenters. The number of ether oxygens (including phenoxy) is 2. The van der Waals surface area contributed by atoms with Gasteiger partial charge in [0.25, 0.3) is 5.91 Å². The number of amides is 1. The zero-order chi connectivity index (χ0) is 19.6. The predicted molar refractivity (Wildman–Crippen MR) is 95.6 cm³/mol. The van der Waals surface area contributed by atoms with E-state index in [-0.39, 0.29) is 17.4 Å². The van der Waals surface area contributed by atoms with Gasteiger partial charge in [0, 0.05) is 0 Å². The minimum absolute atomic E-state index is 0.0223. The van der Waals surface area contributed by atoms with Gasteiger partial charge in [-0.2, -0.15) is 8.78 Å². The van der Waals surface area contributed by atoms with Gasteiger partial charge in [-0.3, -0.25) is 4.79 Å². The molecule has 0 bridgehead atoms. The monoisotopic (exact) mass is 377 g/mol. The maximum Gasteiger partial charge on any atom is 0.387 e. The Labute approximate surface area is 156 Å². The third kappa shape index (κ3) is 6.69. The Morgan fingerprint density at radius 3 is 2.48 bits per heavy atom. The summed E-state index contributed by atoms with van der Waals surface area (Å²) in [7, 11) is 0. The van der Waals surface area contributed by atoms with Gasteiger partial charge in [0.2, 0.25) is 0 Å². The lowest BCUT2D eigenvalue weighted by Crippen LogP contribution is -2.32. The van der Waals surface area contributed by atoms with Crippen LogP contribution in [0.1, 0.15) is 41.7 Å². The van der Waals surface area contributed by atoms with Crippen molar-refractivity contribution in [2.75, 3.05) is 6.61 Å². The Hall–Kier alpha value is -2.96. The first-order valence-corrected chi connectivity index (χ1v) is 8.56. The fraction of sp³-hybridized carbons (Fsp3) is 0.300. The van der Waals surface area contributed by atoms with Gasteiger partial charge in [-0.05, 0) is 30.2 Å². The van der Waals surface area contributed by atoms with E-state index in [9.17, 15) is 18.4 Å². The van der Waals surface area contributed by atoms with Crippen molar-refractivity contribution in [2.45, 2.75) is 32.4 Å². The van der Waals surface area contributed by atoms with Gasteiger partial charge >= 0.3 is 12.6 Å². The van der Waals surface area contributed by atoms with Crippen LogP contribution >= 0.6 is 0 Å². The van der Waals surface area contributed by atoms with Crippen LogP contribution in [0.4, 0.5) is 8.78 Å². The van der Waals surface area contributed by atoms with E-state index in [0.29, 0.717) is 0 Å². The molecule has 0 aliphatic heterocycles. The number of benzene rings is 2. The molecule has 7 heteroatoms. The van der Waals surface area contributed by atoms with Crippen LogP contribution in [0.25, 0.3) is 0 Å². The zero-order valence-electron chi connectivity index (χ0n) is 14.9. The zero-order valence-corrected chi connectivity index (χ0v) is 14.9. The van der Waals surface area contributed by atoms with Crippen molar-refractivity contribution < 1.29 is 27.8 Å². The molecular weight excluding hydrogens is 356 g/mol. The molecule has 0 aromatic heterocycles. The van der Waals surface area contributed by atoms with Crippen LogP contribution in [0.15, 0.2) is 54.6 Å². The number of hydrogen-bond acceptors (Lipinski definition) is 4. The molecule has 0 saturated carbocycles. The summed E-state index contributed by atoms with van der Waals surface area (Å²) in [5, 5.41) is 2.84. The van der Waals surface area contributed by atoms with E-state index in [1.165, 1.54) is 18.2 Å². The van der Waals surface area contributed by atoms with Gasteiger partial charge in [-0.1, -0.05) is 49.7 Å². The van der Waals surface area contributed by atoms with Crippen LogP contribution in [-0.4, -0.2) is 25.1 Å². The van der Waals surface area contributed by atoms with Gasteiger partial charge < -0.3 is 14.8 Å². The largest absolute Gasteiger partial charge is 0.452 e. The van der Waals surface area contributed by atoms with Gasteiger partial charge in [0.05, 0.1) is 11.6 Å². The summed E-state index contributed by atoms with van der Waals surface area (Å²) in [6, 6.07) is 14.5. The quantitative estimate of drug-likeness (QED) is 0.668. The molecule has 0 aliphatic rings. The third-order valence-corrected chi connectivity index (χ3v) is 3.74. The molecule has 0 saturated heterocycles. The molecule has 27 heavy (non-hydrogen) atoms. The summed E-state index contributed by atoms with van der Waals surface area (Å²) in [5.41, 5.74) is 0.991. The summed E-state index contributed by atoms with van der Waals surface area (Å²) < 4.78 is 33.7. The third-order valence-electron chi connectivity index (χ3n) is 3.74. The second kappa shape index (κ2) is 10.3. The Morgan fingerprint density at radius 2 is 1.81 bits per heavy atom. The summed E-state index contributed by atoms with van der Waals surface area (Å²) in [6.45, 7) is -1.45. The summed E-state index contributed by atoms with van der Waals surface area (Å²) in [6.07, 6.45) is 1.62. The van der Waals surface area contributed by atoms with E-state index in [1.807, 2.05) is 37.3 Å². The van der Waals surface area contributed by atoms with Crippen molar-refractivity contribution in [3.8, 4) is 5.75 Å². The average molecular weight is 377 g/mol. The van der Waals surface area contributed by atoms with E-state index in [4.69, 9.17) is 4.74 Å². The van der Waals surface area contributed by atoms with E-state index in [0.717, 1.165) is 24.5 Å². The van der Waals surface area contributed by atoms with Gasteiger partial charge in [0.1, 0.15) is 5.75 Å². The normalized spacial score (nSPS) is 11.7. The maximum absolute atomic E-state index is 12.2. The lowest BCUT2D eigenvalue weighted by Gasteiger charge is -2.18. The minimum Gasteiger partial charge on any atom is -0.452 e. The minimum atomic E-state index is -2.99. The number of rotatable bonds is 9. The number of esters is 1. The van der Waals surface area contributed by atoms with Gasteiger partial charge in [0.15, 0.2) is 6.61 Å². The van der Waals surface area contributed by atoms with E-state index in [1.54, 1.807) is 0 Å². The van der Waals surface area contributed by atoms with Crippen LogP contribution in [0.5, 0.6) is 5.75 Å². The molecule has 2 rings (SSSR count). The molecule has 2 aromatic carbocycles. The topological polar surface area (TPSA) is 64.6 Å². The molecule has 0 radical (unpaired) electrons. The predicted octanol–water partition coefficient (Wildman–Crippen LogP) is 4.10. The van der Waals surface area contributed by atoms with E-state index >= 15 is 0 Å². The number of nitrogens with one attached hydrogen (secondary N) is 1. The molecule has 1 N–H and O–H groups in total. The molecule has 2 aromatic rings. The highest BCUT2D eigenvalue weighted by atomic mass is 19.3. The Morgan fingerprint density at radius 1 is 1.07 bits per heavy atom. The first-order chi connectivity index (χ1) is 13.0. The number of alkyl halides is 2. The highest BCUT2D eigenvalue weighted by Crippen LogP contribution is 2.18. The number of carbonyl (C=O) groups is 2. The highest BCUT2D eigenvalue weighted by molar-refractivity contribution is 5.91. The molecule has 144 valence electrons. The molecule has 0 fully saturated rings. The van der Waals surface area contributed by atoms with Crippen molar-refractivity contribution in [3.63, 3.8) is 0 Å². The summed E-state index contributed by atoms with van der Waals surface area (Å²) in [5.74, 6) is -1.39. The number of hydrogen-bond donors (Lipinski definition) is 1. The fourth-order valence-corrected chi connectivity index (χ4v) is 2.55. The number of halogens is 2. The van der Waals surface area contributed by atoms with Crippen LogP contribution in [0, 0.1) is 0 Å². The molecule has 1 atom stereocenters. The lowest BCUT2D eigenvalue weighted by atomic mass is 10.0. The van der Waals surface area contributed by atoms with Crippen molar-refractivity contribution in [3.05, 3.63) is 65.7 Å². The Bertz CT molecular complexity index is 753. The van der Waals surface area contributed by atoms with Gasteiger partial charge in [-0.25, -0.2) is 4.79 Å². The average Bonchev–Trinajstić information content (AvgIpc) is 2.66. The van der Waals surface area contributed by atoms with Crippen LogP contribution in [-0.2, 0) is 9.53 Å². The van der Waals surface area contributed by atoms with Crippen molar-refractivity contribution in [1.29, 1.82) is 0 Å². The van der Waals surface area contributed by atoms with Crippen molar-refractivity contribution in [1.82, 2.24) is 5.32 Å². The van der Waals surface area contributed by atoms with Crippen LogP contribution < -0.4 is 10.1 Å². The SMILES string of the molecule is CCCC(NC(=O)COC(=O)c1cccc(OC(F)F)c1)c1ccccc1. The molecule has 0 aliphatic carbocycles. The Kier molecular flexibility index (Phi) is 7.73. The van der Waals surface area contributed by atoms with E-state index in [2.05, 4.69) is 10.1 Å². The molecule has 0 heterocycles. The lowest BCUT2D eigenvalue weighted by molar-refractivity contribution is -0.125. The molecule has 0 spiro atoms. The van der Waals surface area contributed by atoms with E-state index < -0.39 is 25.1 Å². The standard InChI is InChI=1S/C20H21F2NO4/c1-2-7-17(14-8-4-3-5-9-14)23-18(24)13-26-19(25)15-10-6-11-16(12-15)27-20(21)22/h3-6,8-12,17,20H,2,7,13H2,1H3,(H,23,24). The maximum atomic E-state index is 12.2. The second-order valence-corrected chi connectivity index (χ2v) is 5.80. The van der Waals surface area contributed by atoms with Crippen LogP contribution in [0.2, 0.25) is 0 Å². The van der Waals surface area contributed by atoms with Crippen molar-refractivity contribution >= 4 is 11.9 Å². The number of carbonyl (C=O) groups excluding carboxylic acids is 2. The highest BCUT2D eigenvalue weighted by Gasteiger charge is 2.16. The summed E-state index contributed by atoms with van der Waals surface area (Å²) >= 11 is 0. The molecule has 5 nitrogen and oxygen atoms in total. The first-order valence-electron chi connectivity index (χ1n) is 8.56. The van der Waals surface area contributed by atoms with Gasteiger partial charge in [-0.15, -0.1) is 0 Å². The Balaban J connectivity index is 1.91. The smallest absolute Gasteiger partial charge is 0.387 e.